The van der Waals surface area contributed by atoms with Crippen molar-refractivity contribution in [3.8, 4) is 0 Å². The van der Waals surface area contributed by atoms with Crippen LogP contribution in [0.5, 0.6) is 0 Å². The predicted octanol–water partition coefficient (Wildman–Crippen LogP) is 6.98. The second-order valence-corrected chi connectivity index (χ2v) is 8.47. The van der Waals surface area contributed by atoms with Gasteiger partial charge in [-0.3, -0.25) is 4.79 Å². The fourth-order valence-corrected chi connectivity index (χ4v) is 4.66. The van der Waals surface area contributed by atoms with Gasteiger partial charge in [-0.05, 0) is 48.7 Å². The molecular formula is C25H24Cl2N2O. The molecule has 0 aliphatic rings. The Morgan fingerprint density at radius 3 is 2.40 bits per heavy atom. The molecule has 0 bridgehead atoms. The summed E-state index contributed by atoms with van der Waals surface area (Å²) in [6, 6.07) is 17.7. The van der Waals surface area contributed by atoms with Crippen molar-refractivity contribution in [1.82, 2.24) is 4.57 Å². The van der Waals surface area contributed by atoms with Crippen LogP contribution in [0, 0.1) is 0 Å². The Morgan fingerprint density at radius 2 is 1.70 bits per heavy atom. The number of aromatic nitrogens is 1. The van der Waals surface area contributed by atoms with E-state index in [0.717, 1.165) is 40.2 Å². The molecule has 5 heteroatoms. The molecule has 3 nitrogen and oxygen atoms in total. The van der Waals surface area contributed by atoms with Crippen molar-refractivity contribution in [3.05, 3.63) is 81.3 Å². The number of carbonyl (C=O) groups is 1. The number of nitrogens with zero attached hydrogens (tertiary/aromatic N) is 1. The zero-order valence-corrected chi connectivity index (χ0v) is 18.4. The van der Waals surface area contributed by atoms with E-state index < -0.39 is 5.91 Å². The second kappa shape index (κ2) is 8.71. The van der Waals surface area contributed by atoms with Gasteiger partial charge in [0.1, 0.15) is 0 Å². The number of nitrogens with two attached hydrogens (primary N) is 1. The van der Waals surface area contributed by atoms with Crippen LogP contribution in [0.1, 0.15) is 47.7 Å². The molecule has 0 saturated heterocycles. The number of amides is 1. The summed E-state index contributed by atoms with van der Waals surface area (Å²) in [4.78, 5) is 12.1. The van der Waals surface area contributed by atoms with E-state index in [1.807, 2.05) is 30.3 Å². The van der Waals surface area contributed by atoms with E-state index in [2.05, 4.69) is 29.7 Å². The van der Waals surface area contributed by atoms with Crippen molar-refractivity contribution in [2.75, 3.05) is 0 Å². The van der Waals surface area contributed by atoms with Crippen molar-refractivity contribution < 1.29 is 4.79 Å². The summed E-state index contributed by atoms with van der Waals surface area (Å²) in [5, 5.41) is 3.15. The number of rotatable bonds is 7. The predicted molar refractivity (Wildman–Crippen MR) is 127 cm³/mol. The van der Waals surface area contributed by atoms with Crippen LogP contribution < -0.4 is 5.73 Å². The summed E-state index contributed by atoms with van der Waals surface area (Å²) in [5.41, 5.74) is 10.4. The molecule has 0 spiro atoms. The van der Waals surface area contributed by atoms with E-state index >= 15 is 0 Å². The lowest BCUT2D eigenvalue weighted by molar-refractivity contribution is 0.100. The molecule has 0 fully saturated rings. The van der Waals surface area contributed by atoms with E-state index in [9.17, 15) is 4.79 Å². The SMILES string of the molecule is CCCCCc1ccc2c3c(C(N)=O)cccc3n(Cc3c(Cl)cccc3Cl)c2c1. The lowest BCUT2D eigenvalue weighted by Gasteiger charge is -2.12. The Labute approximate surface area is 186 Å². The van der Waals surface area contributed by atoms with E-state index in [-0.39, 0.29) is 0 Å². The highest BCUT2D eigenvalue weighted by molar-refractivity contribution is 6.36. The molecule has 1 amide bonds. The van der Waals surface area contributed by atoms with Gasteiger partial charge in [-0.1, -0.05) is 67.2 Å². The van der Waals surface area contributed by atoms with Gasteiger partial charge in [-0.15, -0.1) is 0 Å². The Balaban J connectivity index is 1.96. The molecule has 2 N–H and O–H groups in total. The minimum absolute atomic E-state index is 0.428. The third kappa shape index (κ3) is 3.80. The number of unbranched alkanes of at least 4 members (excludes halogenated alkanes) is 2. The number of hydrogen-bond acceptors (Lipinski definition) is 1. The summed E-state index contributed by atoms with van der Waals surface area (Å²) in [5.74, 6) is -0.428. The average Bonchev–Trinajstić information content (AvgIpc) is 3.04. The van der Waals surface area contributed by atoms with Crippen LogP contribution in [0.3, 0.4) is 0 Å². The molecule has 0 aliphatic heterocycles. The van der Waals surface area contributed by atoms with Gasteiger partial charge in [0, 0.05) is 37.5 Å². The van der Waals surface area contributed by atoms with Crippen LogP contribution >= 0.6 is 23.2 Å². The Bertz CT molecular complexity index is 1220. The smallest absolute Gasteiger partial charge is 0.249 e. The quantitative estimate of drug-likeness (QED) is 0.310. The van der Waals surface area contributed by atoms with Crippen LogP contribution in [-0.2, 0) is 13.0 Å². The van der Waals surface area contributed by atoms with Gasteiger partial charge >= 0.3 is 0 Å². The molecule has 1 heterocycles. The number of benzene rings is 3. The van der Waals surface area contributed by atoms with Crippen molar-refractivity contribution in [2.45, 2.75) is 39.2 Å². The number of carbonyl (C=O) groups excluding carboxylic acids is 1. The summed E-state index contributed by atoms with van der Waals surface area (Å²) >= 11 is 12.9. The molecule has 0 saturated carbocycles. The summed E-state index contributed by atoms with van der Waals surface area (Å²) in [6.45, 7) is 2.72. The van der Waals surface area contributed by atoms with Crippen LogP contribution in [0.25, 0.3) is 21.8 Å². The normalized spacial score (nSPS) is 11.4. The van der Waals surface area contributed by atoms with Crippen LogP contribution in [0.2, 0.25) is 10.0 Å². The minimum Gasteiger partial charge on any atom is -0.366 e. The van der Waals surface area contributed by atoms with Gasteiger partial charge in [0.15, 0.2) is 0 Å². The van der Waals surface area contributed by atoms with E-state index in [1.54, 1.807) is 6.07 Å². The molecule has 0 unspecified atom stereocenters. The first-order chi connectivity index (χ1) is 14.5. The van der Waals surface area contributed by atoms with Crippen LogP contribution in [-0.4, -0.2) is 10.5 Å². The highest BCUT2D eigenvalue weighted by atomic mass is 35.5. The van der Waals surface area contributed by atoms with Crippen LogP contribution in [0.4, 0.5) is 0 Å². The number of aryl methyl sites for hydroxylation is 1. The number of hydrogen-bond donors (Lipinski definition) is 1. The maximum absolute atomic E-state index is 12.1. The zero-order valence-electron chi connectivity index (χ0n) is 16.9. The lowest BCUT2D eigenvalue weighted by atomic mass is 10.0. The maximum atomic E-state index is 12.1. The molecule has 3 aromatic carbocycles. The molecule has 0 radical (unpaired) electrons. The van der Waals surface area contributed by atoms with Gasteiger partial charge in [0.05, 0.1) is 12.1 Å². The summed E-state index contributed by atoms with van der Waals surface area (Å²) in [7, 11) is 0. The molecule has 4 rings (SSSR count). The average molecular weight is 439 g/mol. The van der Waals surface area contributed by atoms with Crippen LogP contribution in [0.15, 0.2) is 54.6 Å². The molecule has 4 aromatic rings. The number of fused-ring (bicyclic) bond motifs is 3. The largest absolute Gasteiger partial charge is 0.366 e. The highest BCUT2D eigenvalue weighted by Gasteiger charge is 2.18. The van der Waals surface area contributed by atoms with E-state index in [0.29, 0.717) is 22.2 Å². The van der Waals surface area contributed by atoms with E-state index in [4.69, 9.17) is 28.9 Å². The van der Waals surface area contributed by atoms with E-state index in [1.165, 1.54) is 18.4 Å². The molecular weight excluding hydrogens is 415 g/mol. The van der Waals surface area contributed by atoms with Crippen molar-refractivity contribution in [3.63, 3.8) is 0 Å². The number of primary amides is 1. The molecule has 154 valence electrons. The summed E-state index contributed by atoms with van der Waals surface area (Å²) in [6.07, 6.45) is 4.59. The van der Waals surface area contributed by atoms with Crippen molar-refractivity contribution >= 4 is 50.9 Å². The third-order valence-corrected chi connectivity index (χ3v) is 6.38. The van der Waals surface area contributed by atoms with Gasteiger partial charge in [-0.2, -0.15) is 0 Å². The van der Waals surface area contributed by atoms with Gasteiger partial charge in [0.25, 0.3) is 0 Å². The van der Waals surface area contributed by atoms with Gasteiger partial charge < -0.3 is 10.3 Å². The highest BCUT2D eigenvalue weighted by Crippen LogP contribution is 2.35. The van der Waals surface area contributed by atoms with Crippen molar-refractivity contribution in [1.29, 1.82) is 0 Å². The second-order valence-electron chi connectivity index (χ2n) is 7.66. The third-order valence-electron chi connectivity index (χ3n) is 5.67. The number of halogens is 2. The first-order valence-electron chi connectivity index (χ1n) is 10.3. The Morgan fingerprint density at radius 1 is 0.967 bits per heavy atom. The Kier molecular flexibility index (Phi) is 6.03. The lowest BCUT2D eigenvalue weighted by Crippen LogP contribution is -2.11. The molecule has 1 aromatic heterocycles. The monoisotopic (exact) mass is 438 g/mol. The van der Waals surface area contributed by atoms with Crippen molar-refractivity contribution in [2.24, 2.45) is 5.73 Å². The standard InChI is InChI=1S/C25H24Cl2N2O/c1-2-3-4-7-16-12-13-17-23(14-16)29(15-19-20(26)9-6-10-21(19)27)22-11-5-8-18(24(17)22)25(28)30/h5-6,8-14H,2-4,7,15H2,1H3,(H2,28,30). The topological polar surface area (TPSA) is 48.0 Å². The minimum atomic E-state index is -0.428. The fourth-order valence-electron chi connectivity index (χ4n) is 4.14. The first-order valence-corrected chi connectivity index (χ1v) is 11.0. The van der Waals surface area contributed by atoms with Gasteiger partial charge in [0.2, 0.25) is 5.91 Å². The van der Waals surface area contributed by atoms with Gasteiger partial charge in [-0.25, -0.2) is 0 Å². The maximum Gasteiger partial charge on any atom is 0.249 e. The fraction of sp³-hybridized carbons (Fsp3) is 0.240. The summed E-state index contributed by atoms with van der Waals surface area (Å²) < 4.78 is 2.19. The first kappa shape index (κ1) is 20.8. The Hall–Kier alpha value is -2.49. The molecule has 0 atom stereocenters. The molecule has 0 aliphatic carbocycles. The molecule has 30 heavy (non-hydrogen) atoms. The zero-order chi connectivity index (χ0) is 21.3.